The fraction of sp³-hybridized carbons (Fsp3) is 0.500. The molecule has 4 bridgehead atoms. The molecule has 140 valence electrons. The predicted octanol–water partition coefficient (Wildman–Crippen LogP) is 2.80. The van der Waals surface area contributed by atoms with Crippen molar-refractivity contribution in [2.75, 3.05) is 0 Å². The average Bonchev–Trinajstić information content (AvgIpc) is 3.08. The standard InChI is InChI=1S/C22H26N4O/c23-20(24)25-19(27)22(7-6-18(26-22)17-4-2-1-3-5-17)21-11-14-8-15(12-21)10-16(9-14)13-21/h1-7,14-16H,8-13H2,(H4,23,24,25,27). The van der Waals surface area contributed by atoms with Crippen molar-refractivity contribution < 1.29 is 4.79 Å². The molecule has 0 radical (unpaired) electrons. The molecule has 1 atom stereocenters. The zero-order valence-corrected chi connectivity index (χ0v) is 15.5. The Morgan fingerprint density at radius 3 is 2.15 bits per heavy atom. The molecule has 0 saturated heterocycles. The molecule has 1 aliphatic heterocycles. The van der Waals surface area contributed by atoms with E-state index < -0.39 is 5.54 Å². The second-order valence-electron chi connectivity index (χ2n) is 9.00. The van der Waals surface area contributed by atoms with Gasteiger partial charge in [0.25, 0.3) is 5.91 Å². The van der Waals surface area contributed by atoms with Gasteiger partial charge in [0, 0.05) is 5.41 Å². The van der Waals surface area contributed by atoms with Crippen LogP contribution in [0.15, 0.2) is 52.5 Å². The first-order valence-electron chi connectivity index (χ1n) is 9.98. The van der Waals surface area contributed by atoms with Gasteiger partial charge in [0.05, 0.1) is 5.71 Å². The minimum atomic E-state index is -0.960. The summed E-state index contributed by atoms with van der Waals surface area (Å²) in [5, 5.41) is 0. The number of carbonyl (C=O) groups excluding carboxylic acids is 1. The van der Waals surface area contributed by atoms with Gasteiger partial charge >= 0.3 is 0 Å². The van der Waals surface area contributed by atoms with E-state index in [0.29, 0.717) is 17.8 Å². The quantitative estimate of drug-likeness (QED) is 0.639. The summed E-state index contributed by atoms with van der Waals surface area (Å²) in [7, 11) is 0. The monoisotopic (exact) mass is 362 g/mol. The van der Waals surface area contributed by atoms with Gasteiger partial charge in [-0.1, -0.05) is 30.3 Å². The van der Waals surface area contributed by atoms with Crippen LogP contribution in [-0.2, 0) is 4.79 Å². The van der Waals surface area contributed by atoms with Crippen LogP contribution >= 0.6 is 0 Å². The summed E-state index contributed by atoms with van der Waals surface area (Å²) in [5.41, 5.74) is 12.0. The van der Waals surface area contributed by atoms with Crippen molar-refractivity contribution in [3.63, 3.8) is 0 Å². The maximum atomic E-state index is 13.4. The van der Waals surface area contributed by atoms with E-state index in [0.717, 1.165) is 30.5 Å². The second kappa shape index (κ2) is 5.78. The molecule has 4 N–H and O–H groups in total. The summed E-state index contributed by atoms with van der Waals surface area (Å²) in [4.78, 5) is 22.4. The highest BCUT2D eigenvalue weighted by molar-refractivity contribution is 6.14. The van der Waals surface area contributed by atoms with Gasteiger partial charge in [0.1, 0.15) is 0 Å². The SMILES string of the molecule is NC(N)=NC(=O)C1(C23CC4CC(CC(C4)C2)C3)C=CC(c2ccccc2)=N1. The molecule has 4 aliphatic carbocycles. The summed E-state index contributed by atoms with van der Waals surface area (Å²) in [6, 6.07) is 10.0. The number of allylic oxidation sites excluding steroid dienone is 1. The molecule has 5 nitrogen and oxygen atoms in total. The topological polar surface area (TPSA) is 93.8 Å². The third kappa shape index (κ3) is 2.47. The predicted molar refractivity (Wildman–Crippen MR) is 106 cm³/mol. The number of rotatable bonds is 3. The summed E-state index contributed by atoms with van der Waals surface area (Å²) in [6.07, 6.45) is 11.1. The first-order valence-corrected chi connectivity index (χ1v) is 9.98. The van der Waals surface area contributed by atoms with E-state index in [1.165, 1.54) is 19.3 Å². The molecule has 4 fully saturated rings. The van der Waals surface area contributed by atoms with Crippen molar-refractivity contribution in [1.29, 1.82) is 0 Å². The van der Waals surface area contributed by atoms with Crippen molar-refractivity contribution >= 4 is 17.6 Å². The van der Waals surface area contributed by atoms with Crippen LogP contribution in [0.1, 0.15) is 44.1 Å². The zero-order valence-electron chi connectivity index (χ0n) is 15.5. The highest BCUT2D eigenvalue weighted by atomic mass is 16.2. The lowest BCUT2D eigenvalue weighted by atomic mass is 9.44. The summed E-state index contributed by atoms with van der Waals surface area (Å²) in [5.74, 6) is 1.66. The van der Waals surface area contributed by atoms with E-state index in [-0.39, 0.29) is 17.3 Å². The molecule has 1 aromatic carbocycles. The number of hydrogen-bond acceptors (Lipinski definition) is 2. The van der Waals surface area contributed by atoms with Gasteiger partial charge in [-0.05, 0) is 74.0 Å². The normalized spacial score (nSPS) is 38.7. The molecule has 5 heteroatoms. The van der Waals surface area contributed by atoms with Gasteiger partial charge in [-0.2, -0.15) is 4.99 Å². The van der Waals surface area contributed by atoms with Gasteiger partial charge in [-0.25, -0.2) is 0 Å². The molecule has 4 saturated carbocycles. The van der Waals surface area contributed by atoms with E-state index in [2.05, 4.69) is 4.99 Å². The van der Waals surface area contributed by atoms with Gasteiger partial charge in [-0.15, -0.1) is 0 Å². The summed E-state index contributed by atoms with van der Waals surface area (Å²) >= 11 is 0. The molecular formula is C22H26N4O. The van der Waals surface area contributed by atoms with Crippen molar-refractivity contribution in [3.05, 3.63) is 48.0 Å². The van der Waals surface area contributed by atoms with Crippen molar-refractivity contribution in [2.45, 2.75) is 44.1 Å². The number of hydrogen-bond donors (Lipinski definition) is 2. The van der Waals surface area contributed by atoms with Gasteiger partial charge in [0.2, 0.25) is 0 Å². The fourth-order valence-corrected chi connectivity index (χ4v) is 6.65. The summed E-state index contributed by atoms with van der Waals surface area (Å²) < 4.78 is 0. The largest absolute Gasteiger partial charge is 0.370 e. The van der Waals surface area contributed by atoms with E-state index in [1.807, 2.05) is 42.5 Å². The molecular weight excluding hydrogens is 336 g/mol. The molecule has 5 aliphatic rings. The van der Waals surface area contributed by atoms with Crippen LogP contribution < -0.4 is 11.5 Å². The lowest BCUT2D eigenvalue weighted by molar-refractivity contribution is -0.136. The average molecular weight is 362 g/mol. The van der Waals surface area contributed by atoms with Crippen molar-refractivity contribution in [3.8, 4) is 0 Å². The lowest BCUT2D eigenvalue weighted by Crippen LogP contribution is -2.59. The number of aliphatic imine (C=N–C) groups is 2. The molecule has 6 rings (SSSR count). The number of carbonyl (C=O) groups is 1. The second-order valence-corrected chi connectivity index (χ2v) is 9.00. The smallest absolute Gasteiger partial charge is 0.281 e. The Morgan fingerprint density at radius 1 is 1.00 bits per heavy atom. The van der Waals surface area contributed by atoms with Crippen LogP contribution in [-0.4, -0.2) is 23.1 Å². The number of nitrogens with two attached hydrogens (primary N) is 2. The van der Waals surface area contributed by atoms with Gasteiger partial charge in [-0.3, -0.25) is 9.79 Å². The molecule has 1 unspecified atom stereocenters. The molecule has 1 heterocycles. The Morgan fingerprint density at radius 2 is 1.59 bits per heavy atom. The Kier molecular flexibility index (Phi) is 3.58. The Labute approximate surface area is 159 Å². The van der Waals surface area contributed by atoms with E-state index in [9.17, 15) is 4.79 Å². The number of benzene rings is 1. The van der Waals surface area contributed by atoms with Crippen LogP contribution in [0.3, 0.4) is 0 Å². The fourth-order valence-electron chi connectivity index (χ4n) is 6.65. The van der Waals surface area contributed by atoms with E-state index in [1.54, 1.807) is 0 Å². The Balaban J connectivity index is 1.63. The lowest BCUT2D eigenvalue weighted by Gasteiger charge is -2.60. The first-order chi connectivity index (χ1) is 13.0. The van der Waals surface area contributed by atoms with Crippen molar-refractivity contribution in [1.82, 2.24) is 0 Å². The first kappa shape index (κ1) is 16.7. The Bertz CT molecular complexity index is 830. The van der Waals surface area contributed by atoms with E-state index in [4.69, 9.17) is 16.5 Å². The summed E-state index contributed by atoms with van der Waals surface area (Å²) in [6.45, 7) is 0. The van der Waals surface area contributed by atoms with E-state index >= 15 is 0 Å². The minimum absolute atomic E-state index is 0.148. The van der Waals surface area contributed by atoms with Crippen LogP contribution in [0, 0.1) is 23.2 Å². The maximum Gasteiger partial charge on any atom is 0.281 e. The molecule has 0 spiro atoms. The van der Waals surface area contributed by atoms with Crippen LogP contribution in [0.2, 0.25) is 0 Å². The highest BCUT2D eigenvalue weighted by Crippen LogP contribution is 2.65. The maximum absolute atomic E-state index is 13.4. The van der Waals surface area contributed by atoms with Crippen LogP contribution in [0.25, 0.3) is 0 Å². The molecule has 0 aromatic heterocycles. The van der Waals surface area contributed by atoms with Crippen molar-refractivity contribution in [2.24, 2.45) is 44.6 Å². The van der Waals surface area contributed by atoms with Gasteiger partial charge < -0.3 is 11.5 Å². The molecule has 1 amide bonds. The third-order valence-corrected chi connectivity index (χ3v) is 7.25. The number of guanidine groups is 1. The zero-order chi connectivity index (χ0) is 18.6. The van der Waals surface area contributed by atoms with Crippen LogP contribution in [0.4, 0.5) is 0 Å². The number of nitrogens with zero attached hydrogens (tertiary/aromatic N) is 2. The minimum Gasteiger partial charge on any atom is -0.370 e. The molecule has 1 aromatic rings. The highest BCUT2D eigenvalue weighted by Gasteiger charge is 2.63. The number of amides is 1. The van der Waals surface area contributed by atoms with Crippen LogP contribution in [0.5, 0.6) is 0 Å². The Hall–Kier alpha value is -2.43. The third-order valence-electron chi connectivity index (χ3n) is 7.25. The van der Waals surface area contributed by atoms with Gasteiger partial charge in [0.15, 0.2) is 11.5 Å². The molecule has 27 heavy (non-hydrogen) atoms.